The second-order valence-corrected chi connectivity index (χ2v) is 7.67. The van der Waals surface area contributed by atoms with Gasteiger partial charge in [-0.05, 0) is 18.9 Å². The van der Waals surface area contributed by atoms with Crippen LogP contribution in [0, 0.1) is 10.1 Å². The molecule has 8 nitrogen and oxygen atoms in total. The van der Waals surface area contributed by atoms with Gasteiger partial charge in [0.15, 0.2) is 11.7 Å². The van der Waals surface area contributed by atoms with Gasteiger partial charge in [-0.25, -0.2) is 4.98 Å². The molecule has 0 saturated carbocycles. The lowest BCUT2D eigenvalue weighted by Gasteiger charge is -2.25. The second-order valence-electron chi connectivity index (χ2n) is 7.67. The Kier molecular flexibility index (Phi) is 6.59. The van der Waals surface area contributed by atoms with Crippen molar-refractivity contribution in [1.29, 1.82) is 0 Å². The van der Waals surface area contributed by atoms with Crippen LogP contribution in [0.15, 0.2) is 59.1 Å². The minimum atomic E-state index is -0.428. The fraction of sp³-hybridized carbons (Fsp3) is 0.348. The molecule has 1 unspecified atom stereocenters. The van der Waals surface area contributed by atoms with Gasteiger partial charge in [-0.15, -0.1) is 0 Å². The third-order valence-corrected chi connectivity index (χ3v) is 5.41. The van der Waals surface area contributed by atoms with Crippen LogP contribution < -0.4 is 0 Å². The summed E-state index contributed by atoms with van der Waals surface area (Å²) in [5, 5.41) is 21.2. The highest BCUT2D eigenvalue weighted by Gasteiger charge is 2.21. The number of nitro benzene ring substituents is 1. The van der Waals surface area contributed by atoms with E-state index in [4.69, 9.17) is 9.15 Å². The van der Waals surface area contributed by atoms with Gasteiger partial charge in [0.1, 0.15) is 5.75 Å². The zero-order valence-electron chi connectivity index (χ0n) is 17.1. The van der Waals surface area contributed by atoms with Crippen molar-refractivity contribution < 1.29 is 19.2 Å². The summed E-state index contributed by atoms with van der Waals surface area (Å²) in [4.78, 5) is 17.2. The molecule has 1 N–H and O–H groups in total. The maximum absolute atomic E-state index is 11.0. The van der Waals surface area contributed by atoms with Crippen molar-refractivity contribution in [2.75, 3.05) is 19.7 Å². The van der Waals surface area contributed by atoms with Gasteiger partial charge in [0.2, 0.25) is 0 Å². The monoisotopic (exact) mass is 423 g/mol. The summed E-state index contributed by atoms with van der Waals surface area (Å²) in [5.41, 5.74) is 1.50. The third kappa shape index (κ3) is 5.48. The van der Waals surface area contributed by atoms with Crippen LogP contribution in [0.2, 0.25) is 0 Å². The van der Waals surface area contributed by atoms with Crippen LogP contribution in [-0.2, 0) is 17.7 Å². The van der Waals surface area contributed by atoms with Gasteiger partial charge < -0.3 is 14.3 Å². The summed E-state index contributed by atoms with van der Waals surface area (Å²) in [5.74, 6) is 1.35. The van der Waals surface area contributed by atoms with Crippen LogP contribution in [0.4, 0.5) is 5.69 Å². The Morgan fingerprint density at radius 1 is 1.23 bits per heavy atom. The van der Waals surface area contributed by atoms with E-state index < -0.39 is 4.92 Å². The molecule has 162 valence electrons. The Morgan fingerprint density at radius 3 is 2.87 bits per heavy atom. The quantitative estimate of drug-likeness (QED) is 0.407. The summed E-state index contributed by atoms with van der Waals surface area (Å²) in [6.07, 6.45) is 4.47. The molecule has 0 amide bonds. The molecular weight excluding hydrogens is 398 g/mol. The molecule has 0 spiro atoms. The molecule has 1 saturated heterocycles. The van der Waals surface area contributed by atoms with Crippen LogP contribution in [0.1, 0.15) is 24.3 Å². The van der Waals surface area contributed by atoms with Gasteiger partial charge in [-0.1, -0.05) is 30.3 Å². The van der Waals surface area contributed by atoms with Gasteiger partial charge in [-0.2, -0.15) is 0 Å². The maximum Gasteiger partial charge on any atom is 0.270 e. The van der Waals surface area contributed by atoms with E-state index in [1.165, 1.54) is 12.1 Å². The van der Waals surface area contributed by atoms with E-state index in [0.717, 1.165) is 31.6 Å². The Morgan fingerprint density at radius 2 is 2.10 bits per heavy atom. The summed E-state index contributed by atoms with van der Waals surface area (Å²) in [7, 11) is 0. The summed E-state index contributed by atoms with van der Waals surface area (Å²) in [6.45, 7) is 2.85. The van der Waals surface area contributed by atoms with Gasteiger partial charge in [0.25, 0.3) is 5.69 Å². The molecule has 2 heterocycles. The first-order valence-electron chi connectivity index (χ1n) is 10.4. The number of rotatable bonds is 9. The Hall–Kier alpha value is -3.23. The second kappa shape index (κ2) is 9.72. The van der Waals surface area contributed by atoms with Crippen LogP contribution in [-0.4, -0.2) is 45.7 Å². The number of nitrogens with zero attached hydrogens (tertiary/aromatic N) is 3. The number of ether oxygens (including phenoxy) is 1. The highest BCUT2D eigenvalue weighted by molar-refractivity contribution is 5.60. The van der Waals surface area contributed by atoms with Crippen molar-refractivity contribution >= 4 is 5.69 Å². The molecule has 4 rings (SSSR count). The van der Waals surface area contributed by atoms with Crippen molar-refractivity contribution in [1.82, 2.24) is 9.88 Å². The number of non-ortho nitro benzene ring substituents is 1. The Bertz CT molecular complexity index is 1030. The number of para-hydroxylation sites is 1. The molecule has 31 heavy (non-hydrogen) atoms. The average molecular weight is 423 g/mol. The van der Waals surface area contributed by atoms with Gasteiger partial charge in [0.05, 0.1) is 17.2 Å². The Balaban J connectivity index is 1.43. The first-order chi connectivity index (χ1) is 15.1. The predicted octanol–water partition coefficient (Wildman–Crippen LogP) is 4.18. The number of nitro groups is 1. The van der Waals surface area contributed by atoms with Crippen LogP contribution in [0.25, 0.3) is 11.3 Å². The molecule has 1 aliphatic rings. The standard InChI is InChI=1S/C23H25N3O5/c27-21-9-2-1-5-18(21)15-25(16-20-8-4-12-30-20)11-10-23-24-14-22(31-23)17-6-3-7-19(13-17)26(28)29/h1-3,5-7,9,13-14,20,27H,4,8,10-12,15-16H2. The van der Waals surface area contributed by atoms with Crippen LogP contribution >= 0.6 is 0 Å². The fourth-order valence-electron chi connectivity index (χ4n) is 3.78. The lowest BCUT2D eigenvalue weighted by Crippen LogP contribution is -2.33. The summed E-state index contributed by atoms with van der Waals surface area (Å²) < 4.78 is 11.7. The highest BCUT2D eigenvalue weighted by Crippen LogP contribution is 2.25. The summed E-state index contributed by atoms with van der Waals surface area (Å²) >= 11 is 0. The van der Waals surface area contributed by atoms with E-state index >= 15 is 0 Å². The lowest BCUT2D eigenvalue weighted by molar-refractivity contribution is -0.384. The molecule has 1 atom stereocenters. The third-order valence-electron chi connectivity index (χ3n) is 5.41. The smallest absolute Gasteiger partial charge is 0.270 e. The molecular formula is C23H25N3O5. The molecule has 1 fully saturated rings. The number of benzene rings is 2. The summed E-state index contributed by atoms with van der Waals surface area (Å²) in [6, 6.07) is 13.7. The first kappa shape index (κ1) is 21.0. The molecule has 2 aromatic carbocycles. The molecule has 1 aromatic heterocycles. The van der Waals surface area contributed by atoms with Gasteiger partial charge in [-0.3, -0.25) is 15.0 Å². The lowest BCUT2D eigenvalue weighted by atomic mass is 10.1. The van der Waals surface area contributed by atoms with Crippen molar-refractivity contribution in [2.45, 2.75) is 31.9 Å². The number of hydrogen-bond donors (Lipinski definition) is 1. The SMILES string of the molecule is O=[N+]([O-])c1cccc(-c2cnc(CCN(Cc3ccccc3O)CC3CCCO3)o2)c1. The van der Waals surface area contributed by atoms with E-state index in [0.29, 0.717) is 36.7 Å². The van der Waals surface area contributed by atoms with E-state index in [2.05, 4.69) is 9.88 Å². The van der Waals surface area contributed by atoms with E-state index in [1.54, 1.807) is 24.4 Å². The highest BCUT2D eigenvalue weighted by atomic mass is 16.6. The molecule has 3 aromatic rings. The number of phenols is 1. The average Bonchev–Trinajstić information content (AvgIpc) is 3.46. The number of oxazole rings is 1. The first-order valence-corrected chi connectivity index (χ1v) is 10.4. The normalized spacial score (nSPS) is 16.1. The van der Waals surface area contributed by atoms with Crippen LogP contribution in [0.5, 0.6) is 5.75 Å². The van der Waals surface area contributed by atoms with E-state index in [1.807, 2.05) is 18.2 Å². The number of hydrogen-bond acceptors (Lipinski definition) is 7. The maximum atomic E-state index is 11.0. The number of aromatic nitrogens is 1. The van der Waals surface area contributed by atoms with Crippen molar-refractivity contribution in [3.05, 3.63) is 76.3 Å². The van der Waals surface area contributed by atoms with E-state index in [9.17, 15) is 15.2 Å². The van der Waals surface area contributed by atoms with Gasteiger partial charge >= 0.3 is 0 Å². The zero-order chi connectivity index (χ0) is 21.6. The fourth-order valence-corrected chi connectivity index (χ4v) is 3.78. The minimum absolute atomic E-state index is 0.0147. The largest absolute Gasteiger partial charge is 0.508 e. The molecule has 8 heteroatoms. The number of aromatic hydroxyl groups is 1. The molecule has 0 radical (unpaired) electrons. The number of phenolic OH excluding ortho intramolecular Hbond substituents is 1. The van der Waals surface area contributed by atoms with Crippen molar-refractivity contribution in [2.24, 2.45) is 0 Å². The molecule has 0 bridgehead atoms. The van der Waals surface area contributed by atoms with Crippen molar-refractivity contribution in [3.8, 4) is 17.1 Å². The predicted molar refractivity (Wildman–Crippen MR) is 115 cm³/mol. The van der Waals surface area contributed by atoms with Crippen LogP contribution in [0.3, 0.4) is 0 Å². The van der Waals surface area contributed by atoms with Crippen molar-refractivity contribution in [3.63, 3.8) is 0 Å². The zero-order valence-corrected chi connectivity index (χ0v) is 17.1. The minimum Gasteiger partial charge on any atom is -0.508 e. The van der Waals surface area contributed by atoms with Gasteiger partial charge in [0, 0.05) is 55.9 Å². The topological polar surface area (TPSA) is 102 Å². The van der Waals surface area contributed by atoms with E-state index in [-0.39, 0.29) is 17.5 Å². The molecule has 0 aliphatic carbocycles. The molecule has 1 aliphatic heterocycles. The Labute approximate surface area is 180 Å².